The van der Waals surface area contributed by atoms with Crippen LogP contribution in [0.25, 0.3) is 0 Å². The number of nitrogens with one attached hydrogen (secondary N) is 2. The normalized spacial score (nSPS) is 24.8. The second kappa shape index (κ2) is 12.3. The molecule has 1 fully saturated rings. The second-order valence-electron chi connectivity index (χ2n) is 8.59. The van der Waals surface area contributed by atoms with Gasteiger partial charge in [-0.25, -0.2) is 0 Å². The fourth-order valence-corrected chi connectivity index (χ4v) is 4.26. The highest BCUT2D eigenvalue weighted by Crippen LogP contribution is 2.23. The third kappa shape index (κ3) is 7.85. The Kier molecular flexibility index (Phi) is 9.13. The zero-order chi connectivity index (χ0) is 21.9. The predicted octanol–water partition coefficient (Wildman–Crippen LogP) is 3.83. The van der Waals surface area contributed by atoms with E-state index in [9.17, 15) is 14.4 Å². The number of allylic oxidation sites excluding steroid dienone is 2. The number of cyclic esters (lactones) is 1. The van der Waals surface area contributed by atoms with Crippen LogP contribution in [0.1, 0.15) is 69.5 Å². The fourth-order valence-electron chi connectivity index (χ4n) is 4.26. The Bertz CT molecular complexity index is 756. The molecule has 6 nitrogen and oxygen atoms in total. The minimum Gasteiger partial charge on any atom is -0.456 e. The minimum absolute atomic E-state index is 0.0720. The van der Waals surface area contributed by atoms with E-state index in [1.807, 2.05) is 42.5 Å². The average Bonchev–Trinajstić information content (AvgIpc) is 2.79. The van der Waals surface area contributed by atoms with Crippen molar-refractivity contribution < 1.29 is 19.1 Å². The molecule has 1 aliphatic heterocycles. The monoisotopic (exact) mass is 426 g/mol. The molecule has 168 valence electrons. The first-order chi connectivity index (χ1) is 15.1. The van der Waals surface area contributed by atoms with Gasteiger partial charge >= 0.3 is 5.97 Å². The maximum atomic E-state index is 12.9. The lowest BCUT2D eigenvalue weighted by Crippen LogP contribution is -2.38. The summed E-state index contributed by atoms with van der Waals surface area (Å²) in [6, 6.07) is 9.41. The van der Waals surface area contributed by atoms with Gasteiger partial charge in [0.1, 0.15) is 6.10 Å². The molecule has 31 heavy (non-hydrogen) atoms. The molecule has 2 N–H and O–H groups in total. The molecule has 2 atom stereocenters. The average molecular weight is 427 g/mol. The van der Waals surface area contributed by atoms with Crippen LogP contribution in [0.2, 0.25) is 0 Å². The van der Waals surface area contributed by atoms with Crippen LogP contribution >= 0.6 is 0 Å². The van der Waals surface area contributed by atoms with E-state index in [4.69, 9.17) is 4.74 Å². The first-order valence-electron chi connectivity index (χ1n) is 11.6. The fraction of sp³-hybridized carbons (Fsp3) is 0.560. The molecule has 1 aromatic carbocycles. The van der Waals surface area contributed by atoms with Crippen LogP contribution in [0.3, 0.4) is 0 Å². The summed E-state index contributed by atoms with van der Waals surface area (Å²) in [5.74, 6) is -0.419. The second-order valence-corrected chi connectivity index (χ2v) is 8.59. The van der Waals surface area contributed by atoms with Crippen molar-refractivity contribution in [3.8, 4) is 0 Å². The van der Waals surface area contributed by atoms with Crippen molar-refractivity contribution in [2.75, 3.05) is 13.1 Å². The molecule has 2 aliphatic rings. The molecule has 1 saturated carbocycles. The Morgan fingerprint density at radius 2 is 1.84 bits per heavy atom. The number of esters is 1. The summed E-state index contributed by atoms with van der Waals surface area (Å²) in [6.45, 7) is 0.896. The van der Waals surface area contributed by atoms with Gasteiger partial charge in [0.05, 0.1) is 12.5 Å². The van der Waals surface area contributed by atoms with Crippen molar-refractivity contribution in [3.05, 3.63) is 48.0 Å². The van der Waals surface area contributed by atoms with Gasteiger partial charge in [0.25, 0.3) is 0 Å². The molecule has 0 radical (unpaired) electrons. The van der Waals surface area contributed by atoms with Crippen LogP contribution in [0, 0.1) is 11.8 Å². The highest BCUT2D eigenvalue weighted by atomic mass is 16.5. The lowest BCUT2D eigenvalue weighted by molar-refractivity contribution is -0.150. The van der Waals surface area contributed by atoms with Crippen molar-refractivity contribution in [1.82, 2.24) is 10.6 Å². The molecular weight excluding hydrogens is 392 g/mol. The van der Waals surface area contributed by atoms with Crippen molar-refractivity contribution in [1.29, 1.82) is 0 Å². The van der Waals surface area contributed by atoms with E-state index in [0.29, 0.717) is 31.7 Å². The van der Waals surface area contributed by atoms with Gasteiger partial charge in [-0.15, -0.1) is 0 Å². The molecular formula is C25H34N2O4. The number of amides is 2. The Labute approximate surface area is 184 Å². The number of hydrogen-bond donors (Lipinski definition) is 2. The molecule has 0 saturated heterocycles. The molecule has 3 rings (SSSR count). The summed E-state index contributed by atoms with van der Waals surface area (Å²) in [7, 11) is 0. The van der Waals surface area contributed by atoms with Gasteiger partial charge in [0.15, 0.2) is 0 Å². The van der Waals surface area contributed by atoms with Crippen molar-refractivity contribution in [3.63, 3.8) is 0 Å². The summed E-state index contributed by atoms with van der Waals surface area (Å²) in [6.07, 6.45) is 10.9. The van der Waals surface area contributed by atoms with Gasteiger partial charge in [-0.3, -0.25) is 14.4 Å². The third-order valence-corrected chi connectivity index (χ3v) is 6.12. The SMILES string of the molecule is O=C(C[C@@H]1C/C=C/CCC(=O)O[C@H](c2ccccc2)CNC1=O)NCC1CCCCC1. The van der Waals surface area contributed by atoms with E-state index >= 15 is 0 Å². The first kappa shape index (κ1) is 23.0. The summed E-state index contributed by atoms with van der Waals surface area (Å²) >= 11 is 0. The van der Waals surface area contributed by atoms with E-state index in [1.54, 1.807) is 0 Å². The predicted molar refractivity (Wildman–Crippen MR) is 119 cm³/mol. The van der Waals surface area contributed by atoms with Gasteiger partial charge in [0.2, 0.25) is 11.8 Å². The molecule has 0 spiro atoms. The van der Waals surface area contributed by atoms with Gasteiger partial charge < -0.3 is 15.4 Å². The van der Waals surface area contributed by atoms with Gasteiger partial charge in [-0.05, 0) is 37.2 Å². The number of benzene rings is 1. The van der Waals surface area contributed by atoms with Crippen LogP contribution in [-0.2, 0) is 19.1 Å². The Morgan fingerprint density at radius 1 is 1.06 bits per heavy atom. The number of rotatable bonds is 5. The summed E-state index contributed by atoms with van der Waals surface area (Å²) < 4.78 is 5.61. The number of carbonyl (C=O) groups excluding carboxylic acids is 3. The van der Waals surface area contributed by atoms with E-state index in [0.717, 1.165) is 5.56 Å². The zero-order valence-electron chi connectivity index (χ0n) is 18.2. The highest BCUT2D eigenvalue weighted by Gasteiger charge is 2.24. The standard InChI is InChI=1S/C25H34N2O4/c28-23(26-17-19-10-4-1-5-11-19)16-21-14-8-3-9-15-24(29)31-22(18-27-25(21)30)20-12-6-2-7-13-20/h2-3,6-8,12-13,19,21-22H,1,4-5,9-11,14-18H2,(H,26,28)(H,27,30)/b8-3+/t21-,22-/m0/s1. The Hall–Kier alpha value is -2.63. The molecule has 1 aromatic rings. The maximum absolute atomic E-state index is 12.9. The Morgan fingerprint density at radius 3 is 2.61 bits per heavy atom. The van der Waals surface area contributed by atoms with Crippen molar-refractivity contribution in [2.24, 2.45) is 11.8 Å². The van der Waals surface area contributed by atoms with Crippen LogP contribution in [0.5, 0.6) is 0 Å². The van der Waals surface area contributed by atoms with Crippen LogP contribution in [-0.4, -0.2) is 30.9 Å². The van der Waals surface area contributed by atoms with Crippen molar-refractivity contribution >= 4 is 17.8 Å². The third-order valence-electron chi connectivity index (χ3n) is 6.12. The molecule has 6 heteroatoms. The molecule has 0 bridgehead atoms. The minimum atomic E-state index is -0.540. The molecule has 0 unspecified atom stereocenters. The largest absolute Gasteiger partial charge is 0.456 e. The van der Waals surface area contributed by atoms with E-state index in [-0.39, 0.29) is 30.7 Å². The molecule has 2 amide bonds. The Balaban J connectivity index is 1.59. The maximum Gasteiger partial charge on any atom is 0.306 e. The van der Waals surface area contributed by atoms with Gasteiger partial charge in [-0.2, -0.15) is 0 Å². The molecule has 1 heterocycles. The number of ether oxygens (including phenoxy) is 1. The quantitative estimate of drug-likeness (QED) is 0.554. The summed E-state index contributed by atoms with van der Waals surface area (Å²) in [4.78, 5) is 37.5. The molecule has 1 aliphatic carbocycles. The molecule has 0 aromatic heterocycles. The summed E-state index contributed by atoms with van der Waals surface area (Å²) in [5, 5.41) is 5.94. The topological polar surface area (TPSA) is 84.5 Å². The first-order valence-corrected chi connectivity index (χ1v) is 11.6. The number of carbonyl (C=O) groups is 3. The highest BCUT2D eigenvalue weighted by molar-refractivity contribution is 5.86. The summed E-state index contributed by atoms with van der Waals surface area (Å²) in [5.41, 5.74) is 0.838. The smallest absolute Gasteiger partial charge is 0.306 e. The zero-order valence-corrected chi connectivity index (χ0v) is 18.2. The lowest BCUT2D eigenvalue weighted by atomic mass is 9.89. The van der Waals surface area contributed by atoms with Gasteiger partial charge in [-0.1, -0.05) is 61.7 Å². The van der Waals surface area contributed by atoms with E-state index in [1.165, 1.54) is 32.1 Å². The number of hydrogen-bond acceptors (Lipinski definition) is 4. The van der Waals surface area contributed by atoms with Crippen LogP contribution < -0.4 is 10.6 Å². The lowest BCUT2D eigenvalue weighted by Gasteiger charge is -2.23. The van der Waals surface area contributed by atoms with Gasteiger partial charge in [0, 0.05) is 19.4 Å². The van der Waals surface area contributed by atoms with Crippen molar-refractivity contribution in [2.45, 2.75) is 63.9 Å². The van der Waals surface area contributed by atoms with Crippen LogP contribution in [0.4, 0.5) is 0 Å². The van der Waals surface area contributed by atoms with Crippen LogP contribution in [0.15, 0.2) is 42.5 Å². The van der Waals surface area contributed by atoms with E-state index < -0.39 is 12.0 Å². The van der Waals surface area contributed by atoms with E-state index in [2.05, 4.69) is 10.6 Å².